The average molecular weight is 210 g/mol. The number of piperidine rings is 1. The highest BCUT2D eigenvalue weighted by molar-refractivity contribution is 5.78. The number of rotatable bonds is 4. The monoisotopic (exact) mass is 210 g/mol. The van der Waals surface area contributed by atoms with Crippen LogP contribution in [0, 0.1) is 5.92 Å². The lowest BCUT2D eigenvalue weighted by Gasteiger charge is -2.31. The minimum atomic E-state index is 0.228. The van der Waals surface area contributed by atoms with E-state index in [2.05, 4.69) is 23.7 Å². The van der Waals surface area contributed by atoms with E-state index in [1.807, 2.05) is 6.92 Å². The zero-order valence-corrected chi connectivity index (χ0v) is 9.88. The van der Waals surface area contributed by atoms with Crippen LogP contribution in [0.25, 0.3) is 0 Å². The second kappa shape index (κ2) is 5.91. The van der Waals surface area contributed by atoms with Gasteiger partial charge in [-0.2, -0.15) is 0 Å². The summed E-state index contributed by atoms with van der Waals surface area (Å²) in [5.74, 6) is 0.457. The number of likely N-dealkylation sites (tertiary alicyclic amines) is 1. The summed E-state index contributed by atoms with van der Waals surface area (Å²) < 4.78 is 0. The Kier molecular flexibility index (Phi) is 4.82. The Hall–Kier alpha value is -0.830. The van der Waals surface area contributed by atoms with Crippen molar-refractivity contribution in [1.29, 1.82) is 0 Å². The molecule has 0 aliphatic carbocycles. The number of carbonyl (C=O) groups is 1. The van der Waals surface area contributed by atoms with E-state index in [1.54, 1.807) is 0 Å². The molecule has 0 bridgehead atoms. The summed E-state index contributed by atoms with van der Waals surface area (Å²) in [6.45, 7) is 11.7. The van der Waals surface area contributed by atoms with Gasteiger partial charge < -0.3 is 5.32 Å². The third-order valence-corrected chi connectivity index (χ3v) is 2.80. The second-order valence-corrected chi connectivity index (χ2v) is 4.40. The molecule has 0 aromatic heterocycles. The first-order chi connectivity index (χ1) is 7.13. The van der Waals surface area contributed by atoms with Crippen molar-refractivity contribution in [3.8, 4) is 0 Å². The first-order valence-electron chi connectivity index (χ1n) is 5.78. The van der Waals surface area contributed by atoms with Gasteiger partial charge in [-0.1, -0.05) is 12.2 Å². The van der Waals surface area contributed by atoms with Gasteiger partial charge in [0.1, 0.15) is 0 Å². The topological polar surface area (TPSA) is 32.3 Å². The molecule has 0 aromatic carbocycles. The van der Waals surface area contributed by atoms with E-state index in [0.29, 0.717) is 0 Å². The van der Waals surface area contributed by atoms with Crippen LogP contribution in [-0.4, -0.2) is 37.0 Å². The number of hydrogen-bond acceptors (Lipinski definition) is 2. The maximum atomic E-state index is 11.6. The number of amides is 1. The highest BCUT2D eigenvalue weighted by Crippen LogP contribution is 2.17. The molecule has 3 heteroatoms. The van der Waals surface area contributed by atoms with Crippen LogP contribution in [0.2, 0.25) is 0 Å². The summed E-state index contributed by atoms with van der Waals surface area (Å²) in [4.78, 5) is 14.0. The van der Waals surface area contributed by atoms with Gasteiger partial charge >= 0.3 is 0 Å². The summed E-state index contributed by atoms with van der Waals surface area (Å²) >= 11 is 0. The van der Waals surface area contributed by atoms with Crippen LogP contribution < -0.4 is 5.32 Å². The Morgan fingerprint density at radius 2 is 2.07 bits per heavy atom. The summed E-state index contributed by atoms with van der Waals surface area (Å²) in [6.07, 6.45) is 1.97. The van der Waals surface area contributed by atoms with Crippen molar-refractivity contribution in [1.82, 2.24) is 10.2 Å². The standard InChI is InChI=1S/C12H22N2O/c1-4-13-12(15)11-5-7-14(8-6-11)9-10(2)3/h11H,2,4-9H2,1,3H3,(H,13,15). The van der Waals surface area contributed by atoms with Gasteiger partial charge in [-0.05, 0) is 39.8 Å². The SMILES string of the molecule is C=C(C)CN1CCC(C(=O)NCC)CC1. The van der Waals surface area contributed by atoms with Crippen molar-refractivity contribution in [3.63, 3.8) is 0 Å². The number of carbonyl (C=O) groups excluding carboxylic acids is 1. The van der Waals surface area contributed by atoms with E-state index in [0.717, 1.165) is 39.0 Å². The molecular weight excluding hydrogens is 188 g/mol. The predicted octanol–water partition coefficient (Wildman–Crippen LogP) is 1.41. The lowest BCUT2D eigenvalue weighted by molar-refractivity contribution is -0.126. The first-order valence-corrected chi connectivity index (χ1v) is 5.78. The molecule has 1 N–H and O–H groups in total. The number of hydrogen-bond donors (Lipinski definition) is 1. The van der Waals surface area contributed by atoms with Crippen LogP contribution in [0.4, 0.5) is 0 Å². The number of nitrogens with zero attached hydrogens (tertiary/aromatic N) is 1. The van der Waals surface area contributed by atoms with Gasteiger partial charge in [0.15, 0.2) is 0 Å². The minimum Gasteiger partial charge on any atom is -0.356 e. The molecule has 1 amide bonds. The van der Waals surface area contributed by atoms with Crippen molar-refractivity contribution in [2.24, 2.45) is 5.92 Å². The van der Waals surface area contributed by atoms with Gasteiger partial charge in [-0.15, -0.1) is 0 Å². The van der Waals surface area contributed by atoms with Crippen LogP contribution in [0.5, 0.6) is 0 Å². The Balaban J connectivity index is 2.29. The van der Waals surface area contributed by atoms with Crippen molar-refractivity contribution in [2.75, 3.05) is 26.2 Å². The largest absolute Gasteiger partial charge is 0.356 e. The summed E-state index contributed by atoms with van der Waals surface area (Å²) in [6, 6.07) is 0. The quantitative estimate of drug-likeness (QED) is 0.712. The van der Waals surface area contributed by atoms with E-state index in [9.17, 15) is 4.79 Å². The fraction of sp³-hybridized carbons (Fsp3) is 0.750. The molecule has 0 saturated carbocycles. The van der Waals surface area contributed by atoms with Gasteiger partial charge in [0.2, 0.25) is 5.91 Å². The van der Waals surface area contributed by atoms with Crippen LogP contribution in [-0.2, 0) is 4.79 Å². The average Bonchev–Trinajstić information content (AvgIpc) is 2.18. The molecule has 0 unspecified atom stereocenters. The zero-order valence-electron chi connectivity index (χ0n) is 9.88. The minimum absolute atomic E-state index is 0.228. The molecule has 0 spiro atoms. The van der Waals surface area contributed by atoms with E-state index < -0.39 is 0 Å². The Morgan fingerprint density at radius 1 is 1.47 bits per heavy atom. The maximum Gasteiger partial charge on any atom is 0.223 e. The Morgan fingerprint density at radius 3 is 2.53 bits per heavy atom. The lowest BCUT2D eigenvalue weighted by atomic mass is 9.95. The molecule has 1 aliphatic heterocycles. The predicted molar refractivity (Wildman–Crippen MR) is 62.7 cm³/mol. The van der Waals surface area contributed by atoms with Crippen LogP contribution in [0.3, 0.4) is 0 Å². The van der Waals surface area contributed by atoms with Gasteiger partial charge in [0.05, 0.1) is 0 Å². The molecule has 0 radical (unpaired) electrons. The third kappa shape index (κ3) is 4.04. The molecule has 0 aromatic rings. The van der Waals surface area contributed by atoms with E-state index in [1.165, 1.54) is 5.57 Å². The molecule has 1 fully saturated rings. The lowest BCUT2D eigenvalue weighted by Crippen LogP contribution is -2.40. The Labute approximate surface area is 92.5 Å². The Bertz CT molecular complexity index is 230. The molecule has 1 rings (SSSR count). The van der Waals surface area contributed by atoms with Crippen molar-refractivity contribution in [2.45, 2.75) is 26.7 Å². The first kappa shape index (κ1) is 12.2. The highest BCUT2D eigenvalue weighted by Gasteiger charge is 2.23. The molecule has 86 valence electrons. The molecule has 15 heavy (non-hydrogen) atoms. The second-order valence-electron chi connectivity index (χ2n) is 4.40. The van der Waals surface area contributed by atoms with Crippen molar-refractivity contribution in [3.05, 3.63) is 12.2 Å². The fourth-order valence-electron chi connectivity index (χ4n) is 2.05. The summed E-state index contributed by atoms with van der Waals surface area (Å²) in [7, 11) is 0. The normalized spacial score (nSPS) is 18.8. The molecular formula is C12H22N2O. The number of nitrogens with one attached hydrogen (secondary N) is 1. The van der Waals surface area contributed by atoms with Gasteiger partial charge in [0, 0.05) is 19.0 Å². The molecule has 0 atom stereocenters. The molecule has 1 aliphatic rings. The fourth-order valence-corrected chi connectivity index (χ4v) is 2.05. The molecule has 3 nitrogen and oxygen atoms in total. The van der Waals surface area contributed by atoms with Gasteiger partial charge in [-0.3, -0.25) is 9.69 Å². The molecule has 1 saturated heterocycles. The van der Waals surface area contributed by atoms with Crippen molar-refractivity contribution < 1.29 is 4.79 Å². The summed E-state index contributed by atoms with van der Waals surface area (Å²) in [5.41, 5.74) is 1.20. The van der Waals surface area contributed by atoms with Crippen LogP contribution >= 0.6 is 0 Å². The van der Waals surface area contributed by atoms with E-state index >= 15 is 0 Å². The van der Waals surface area contributed by atoms with E-state index in [4.69, 9.17) is 0 Å². The van der Waals surface area contributed by atoms with E-state index in [-0.39, 0.29) is 11.8 Å². The third-order valence-electron chi connectivity index (χ3n) is 2.80. The van der Waals surface area contributed by atoms with Gasteiger partial charge in [0.25, 0.3) is 0 Å². The maximum absolute atomic E-state index is 11.6. The summed E-state index contributed by atoms with van der Waals surface area (Å²) in [5, 5.41) is 2.90. The highest BCUT2D eigenvalue weighted by atomic mass is 16.1. The zero-order chi connectivity index (χ0) is 11.3. The van der Waals surface area contributed by atoms with Crippen LogP contribution in [0.1, 0.15) is 26.7 Å². The van der Waals surface area contributed by atoms with Gasteiger partial charge in [-0.25, -0.2) is 0 Å². The smallest absolute Gasteiger partial charge is 0.223 e. The van der Waals surface area contributed by atoms with Crippen molar-refractivity contribution >= 4 is 5.91 Å². The molecule has 1 heterocycles. The van der Waals surface area contributed by atoms with Crippen LogP contribution in [0.15, 0.2) is 12.2 Å².